The third-order valence-electron chi connectivity index (χ3n) is 6.00. The molecule has 4 nitrogen and oxygen atoms in total. The van der Waals surface area contributed by atoms with Crippen molar-refractivity contribution in [2.24, 2.45) is 0 Å². The molecule has 0 saturated carbocycles. The van der Waals surface area contributed by atoms with Crippen molar-refractivity contribution in [2.75, 3.05) is 19.6 Å². The van der Waals surface area contributed by atoms with E-state index in [2.05, 4.69) is 19.9 Å². The van der Waals surface area contributed by atoms with E-state index in [0.717, 1.165) is 61.9 Å². The van der Waals surface area contributed by atoms with Crippen LogP contribution in [0.5, 0.6) is 0 Å². The first-order chi connectivity index (χ1) is 11.9. The molecular weight excluding hydrogens is 312 g/mol. The average Bonchev–Trinajstić information content (AvgIpc) is 2.99. The fourth-order valence-corrected chi connectivity index (χ4v) is 4.54. The van der Waals surface area contributed by atoms with Gasteiger partial charge in [0.15, 0.2) is 0 Å². The maximum Gasteiger partial charge on any atom is 0.255 e. The second-order valence-electron chi connectivity index (χ2n) is 7.74. The van der Waals surface area contributed by atoms with Gasteiger partial charge in [0.25, 0.3) is 5.91 Å². The van der Waals surface area contributed by atoms with E-state index >= 15 is 0 Å². The Morgan fingerprint density at radius 1 is 1.04 bits per heavy atom. The molecule has 0 aromatic heterocycles. The monoisotopic (exact) mass is 342 g/mol. The maximum atomic E-state index is 13.4. The first-order valence-electron chi connectivity index (χ1n) is 9.60. The molecule has 2 amide bonds. The summed E-state index contributed by atoms with van der Waals surface area (Å²) in [6.45, 7) is 10.5. The number of carbonyl (C=O) groups is 2. The molecule has 3 rings (SSSR count). The molecule has 4 heteroatoms. The van der Waals surface area contributed by atoms with Gasteiger partial charge in [-0.25, -0.2) is 0 Å². The van der Waals surface area contributed by atoms with Gasteiger partial charge in [0.05, 0.1) is 0 Å². The Bertz CT molecular complexity index is 695. The Hall–Kier alpha value is -1.84. The van der Waals surface area contributed by atoms with Gasteiger partial charge in [-0.1, -0.05) is 13.0 Å². The zero-order valence-corrected chi connectivity index (χ0v) is 16.0. The van der Waals surface area contributed by atoms with Crippen LogP contribution in [-0.2, 0) is 4.79 Å². The van der Waals surface area contributed by atoms with Crippen molar-refractivity contribution in [1.29, 1.82) is 0 Å². The molecule has 2 aliphatic rings. The van der Waals surface area contributed by atoms with Gasteiger partial charge in [0.1, 0.15) is 5.54 Å². The van der Waals surface area contributed by atoms with Crippen molar-refractivity contribution < 1.29 is 9.59 Å². The van der Waals surface area contributed by atoms with E-state index in [0.29, 0.717) is 6.54 Å². The molecule has 1 aromatic rings. The second-order valence-corrected chi connectivity index (χ2v) is 7.74. The lowest BCUT2D eigenvalue weighted by atomic mass is 9.84. The summed E-state index contributed by atoms with van der Waals surface area (Å²) in [5.74, 6) is 0.206. The van der Waals surface area contributed by atoms with Crippen LogP contribution in [0.25, 0.3) is 0 Å². The molecule has 136 valence electrons. The van der Waals surface area contributed by atoms with Gasteiger partial charge in [-0.3, -0.25) is 9.59 Å². The second kappa shape index (κ2) is 6.81. The summed E-state index contributed by atoms with van der Waals surface area (Å²) in [6, 6.07) is 4.08. The average molecular weight is 342 g/mol. The van der Waals surface area contributed by atoms with Crippen molar-refractivity contribution in [1.82, 2.24) is 9.80 Å². The third-order valence-corrected chi connectivity index (χ3v) is 6.00. The van der Waals surface area contributed by atoms with Gasteiger partial charge < -0.3 is 9.80 Å². The molecule has 0 bridgehead atoms. The molecule has 2 aliphatic heterocycles. The van der Waals surface area contributed by atoms with Crippen LogP contribution >= 0.6 is 0 Å². The van der Waals surface area contributed by atoms with Gasteiger partial charge >= 0.3 is 0 Å². The van der Waals surface area contributed by atoms with E-state index in [1.54, 1.807) is 0 Å². The van der Waals surface area contributed by atoms with Crippen LogP contribution < -0.4 is 0 Å². The Balaban J connectivity index is 1.95. The molecule has 0 aliphatic carbocycles. The van der Waals surface area contributed by atoms with Crippen molar-refractivity contribution in [3.8, 4) is 0 Å². The predicted molar refractivity (Wildman–Crippen MR) is 99.8 cm³/mol. The summed E-state index contributed by atoms with van der Waals surface area (Å²) >= 11 is 0. The SMILES string of the molecule is CCCN1CCCC2(CCCN2C(=O)c2cc(C)c(C)cc2C)C1=O. The minimum Gasteiger partial charge on any atom is -0.341 e. The topological polar surface area (TPSA) is 40.6 Å². The number of carbonyl (C=O) groups excluding carboxylic acids is 2. The molecular formula is C21H30N2O2. The number of rotatable bonds is 3. The van der Waals surface area contributed by atoms with E-state index < -0.39 is 5.54 Å². The summed E-state index contributed by atoms with van der Waals surface area (Å²) < 4.78 is 0. The minimum absolute atomic E-state index is 0.0322. The van der Waals surface area contributed by atoms with E-state index in [1.165, 1.54) is 5.56 Å². The zero-order chi connectivity index (χ0) is 18.2. The number of benzene rings is 1. The van der Waals surface area contributed by atoms with E-state index in [1.807, 2.05) is 29.7 Å². The number of hydrogen-bond donors (Lipinski definition) is 0. The standard InChI is InChI=1S/C21H30N2O2/c1-5-10-22-11-6-8-21(20(22)25)9-7-12-23(21)19(24)18-14-16(3)15(2)13-17(18)4/h13-14H,5-12H2,1-4H3. The first kappa shape index (κ1) is 18.0. The van der Waals surface area contributed by atoms with E-state index in [9.17, 15) is 9.59 Å². The van der Waals surface area contributed by atoms with Crippen molar-refractivity contribution in [3.05, 3.63) is 34.4 Å². The molecule has 1 spiro atoms. The van der Waals surface area contributed by atoms with Crippen LogP contribution in [0.15, 0.2) is 12.1 Å². The zero-order valence-electron chi connectivity index (χ0n) is 16.0. The molecule has 0 radical (unpaired) electrons. The summed E-state index contributed by atoms with van der Waals surface area (Å²) in [7, 11) is 0. The molecule has 2 fully saturated rings. The molecule has 1 unspecified atom stereocenters. The quantitative estimate of drug-likeness (QED) is 0.842. The van der Waals surface area contributed by atoms with Gasteiger partial charge in [-0.2, -0.15) is 0 Å². The summed E-state index contributed by atoms with van der Waals surface area (Å²) in [4.78, 5) is 30.5. The van der Waals surface area contributed by atoms with Crippen molar-refractivity contribution >= 4 is 11.8 Å². The van der Waals surface area contributed by atoms with Gasteiger partial charge in [-0.05, 0) is 75.6 Å². The van der Waals surface area contributed by atoms with Crippen LogP contribution in [-0.4, -0.2) is 46.8 Å². The Morgan fingerprint density at radius 3 is 2.36 bits per heavy atom. The van der Waals surface area contributed by atoms with Crippen LogP contribution in [0.2, 0.25) is 0 Å². The van der Waals surface area contributed by atoms with Crippen LogP contribution in [0.3, 0.4) is 0 Å². The molecule has 1 aromatic carbocycles. The Morgan fingerprint density at radius 2 is 1.68 bits per heavy atom. The third kappa shape index (κ3) is 2.96. The van der Waals surface area contributed by atoms with Gasteiger partial charge in [0, 0.05) is 25.2 Å². The summed E-state index contributed by atoms with van der Waals surface area (Å²) in [5, 5.41) is 0. The number of amides is 2. The number of aryl methyl sites for hydroxylation is 3. The smallest absolute Gasteiger partial charge is 0.255 e. The van der Waals surface area contributed by atoms with Crippen molar-refractivity contribution in [2.45, 2.75) is 65.3 Å². The number of piperidine rings is 1. The number of likely N-dealkylation sites (tertiary alicyclic amines) is 2. The number of hydrogen-bond acceptors (Lipinski definition) is 2. The highest BCUT2D eigenvalue weighted by Gasteiger charge is 2.52. The summed E-state index contributed by atoms with van der Waals surface area (Å²) in [6.07, 6.45) is 4.48. The molecule has 1 atom stereocenters. The molecule has 2 saturated heterocycles. The first-order valence-corrected chi connectivity index (χ1v) is 9.60. The lowest BCUT2D eigenvalue weighted by Gasteiger charge is -2.44. The lowest BCUT2D eigenvalue weighted by molar-refractivity contribution is -0.145. The fraction of sp³-hybridized carbons (Fsp3) is 0.619. The normalized spacial score (nSPS) is 23.6. The predicted octanol–water partition coefficient (Wildman–Crippen LogP) is 3.62. The van der Waals surface area contributed by atoms with Crippen LogP contribution in [0.4, 0.5) is 0 Å². The van der Waals surface area contributed by atoms with E-state index in [-0.39, 0.29) is 11.8 Å². The molecule has 25 heavy (non-hydrogen) atoms. The van der Waals surface area contributed by atoms with Crippen LogP contribution in [0.1, 0.15) is 66.1 Å². The number of nitrogens with zero attached hydrogens (tertiary/aromatic N) is 2. The maximum absolute atomic E-state index is 13.4. The highest BCUT2D eigenvalue weighted by molar-refractivity contribution is 6.01. The highest BCUT2D eigenvalue weighted by atomic mass is 16.2. The van der Waals surface area contributed by atoms with Gasteiger partial charge in [-0.15, -0.1) is 0 Å². The van der Waals surface area contributed by atoms with Gasteiger partial charge in [0.2, 0.25) is 5.91 Å². The van der Waals surface area contributed by atoms with Crippen molar-refractivity contribution in [3.63, 3.8) is 0 Å². The Kier molecular flexibility index (Phi) is 4.90. The Labute approximate surface area is 151 Å². The minimum atomic E-state index is -0.601. The lowest BCUT2D eigenvalue weighted by Crippen LogP contribution is -2.61. The summed E-state index contributed by atoms with van der Waals surface area (Å²) in [5.41, 5.74) is 3.49. The molecule has 0 N–H and O–H groups in total. The largest absolute Gasteiger partial charge is 0.341 e. The highest BCUT2D eigenvalue weighted by Crippen LogP contribution is 2.39. The molecule has 2 heterocycles. The van der Waals surface area contributed by atoms with Crippen LogP contribution in [0, 0.1) is 20.8 Å². The van der Waals surface area contributed by atoms with E-state index in [4.69, 9.17) is 0 Å². The fourth-order valence-electron chi connectivity index (χ4n) is 4.54.